The van der Waals surface area contributed by atoms with E-state index in [9.17, 15) is 0 Å². The van der Waals surface area contributed by atoms with Crippen LogP contribution < -0.4 is 0 Å². The Morgan fingerprint density at radius 2 is 2.43 bits per heavy atom. The lowest BCUT2D eigenvalue weighted by Gasteiger charge is -1.90. The zero-order valence-electron chi connectivity index (χ0n) is 11.6. The van der Waals surface area contributed by atoms with E-state index in [1.807, 2.05) is 6.92 Å². The minimum absolute atomic E-state index is 0.0606. The first kappa shape index (κ1) is 1.49. The van der Waals surface area contributed by atoms with Crippen LogP contribution in [0.2, 0.25) is 0 Å². The summed E-state index contributed by atoms with van der Waals surface area (Å²) in [5, 5.41) is 0. The maximum Gasteiger partial charge on any atom is 0.0266 e. The lowest BCUT2D eigenvalue weighted by atomic mass is 10.2. The summed E-state index contributed by atoms with van der Waals surface area (Å²) in [4.78, 5) is 0. The fourth-order valence-corrected chi connectivity index (χ4v) is 0.328. The highest BCUT2D eigenvalue weighted by Crippen LogP contribution is 2.00. The molecule has 0 bridgehead atoms. The van der Waals surface area contributed by atoms with Crippen LogP contribution in [0.3, 0.4) is 0 Å². The molecule has 0 atom stereocenters. The van der Waals surface area contributed by atoms with E-state index in [1.165, 1.54) is 0 Å². The summed E-state index contributed by atoms with van der Waals surface area (Å²) in [6.45, 7) is -1.06. The average molecular weight is 107 g/mol. The van der Waals surface area contributed by atoms with Crippen molar-refractivity contribution in [2.24, 2.45) is 0 Å². The summed E-state index contributed by atoms with van der Waals surface area (Å²) >= 11 is 0. The molecule has 0 fully saturated rings. The molecule has 44 valence electrons. The Hall–Kier alpha value is 0. The van der Waals surface area contributed by atoms with Gasteiger partial charge in [0.1, 0.15) is 0 Å². The van der Waals surface area contributed by atoms with E-state index in [0.717, 1.165) is 6.42 Å². The zero-order chi connectivity index (χ0) is 11.6. The SMILES string of the molecule is [2H]C([2H])([2H])C([2H])([2H])C([2H])([2H])CCCC. The maximum absolute atomic E-state index is 7.42. The minimum atomic E-state index is -2.91. The van der Waals surface area contributed by atoms with Crippen LogP contribution in [0.25, 0.3) is 0 Å². The second kappa shape index (κ2) is 6.00. The molecule has 0 rings (SSSR count). The molecule has 7 heavy (non-hydrogen) atoms. The molecule has 0 N–H and O–H groups in total. The number of hydrogen-bond donors (Lipinski definition) is 0. The average Bonchev–Trinajstić information content (AvgIpc) is 1.98. The second-order valence-corrected chi connectivity index (χ2v) is 1.41. The van der Waals surface area contributed by atoms with Gasteiger partial charge in [-0.2, -0.15) is 0 Å². The summed E-state index contributed by atoms with van der Waals surface area (Å²) in [7, 11) is 0. The third-order valence-electron chi connectivity index (χ3n) is 0.744. The normalized spacial score (nSPS) is 30.1. The van der Waals surface area contributed by atoms with E-state index in [4.69, 9.17) is 9.60 Å². The van der Waals surface area contributed by atoms with Crippen LogP contribution in [-0.2, 0) is 0 Å². The van der Waals surface area contributed by atoms with Gasteiger partial charge in [0.25, 0.3) is 0 Å². The number of unbranched alkanes of at least 4 members (excludes halogenated alkanes) is 1. The number of rotatable bonds is 4. The van der Waals surface area contributed by atoms with E-state index in [1.54, 1.807) is 0 Å². The van der Waals surface area contributed by atoms with Gasteiger partial charge in [-0.15, -0.1) is 0 Å². The fourth-order valence-electron chi connectivity index (χ4n) is 0.328. The molecule has 0 aromatic carbocycles. The molecule has 0 unspecified atom stereocenters. The molecule has 0 saturated heterocycles. The molecule has 0 nitrogen and oxygen atoms in total. The van der Waals surface area contributed by atoms with Crippen molar-refractivity contribution in [3.8, 4) is 0 Å². The summed E-state index contributed by atoms with van der Waals surface area (Å²) in [6, 6.07) is 0. The van der Waals surface area contributed by atoms with Crippen molar-refractivity contribution in [2.45, 2.75) is 45.8 Å². The van der Waals surface area contributed by atoms with Crippen molar-refractivity contribution >= 4 is 0 Å². The summed E-state index contributed by atoms with van der Waals surface area (Å²) in [6.07, 6.45) is -3.93. The van der Waals surface area contributed by atoms with Gasteiger partial charge in [-0.25, -0.2) is 0 Å². The van der Waals surface area contributed by atoms with Crippen molar-refractivity contribution in [1.29, 1.82) is 0 Å². The van der Waals surface area contributed by atoms with E-state index in [-0.39, 0.29) is 6.42 Å². The highest BCUT2D eigenvalue weighted by atomic mass is 13.9. The molecule has 0 radical (unpaired) electrons. The molecule has 0 aromatic heterocycles. The van der Waals surface area contributed by atoms with Crippen molar-refractivity contribution in [3.63, 3.8) is 0 Å². The minimum Gasteiger partial charge on any atom is -0.0654 e. The molecule has 0 aliphatic carbocycles. The van der Waals surface area contributed by atoms with Crippen LogP contribution >= 0.6 is 0 Å². The smallest absolute Gasteiger partial charge is 0.0266 e. The maximum atomic E-state index is 7.42. The van der Waals surface area contributed by atoms with E-state index in [2.05, 4.69) is 0 Å². The van der Waals surface area contributed by atoms with Crippen LogP contribution in [0.1, 0.15) is 55.4 Å². The van der Waals surface area contributed by atoms with Gasteiger partial charge in [0.05, 0.1) is 0 Å². The van der Waals surface area contributed by atoms with Gasteiger partial charge in [0.15, 0.2) is 0 Å². The lowest BCUT2D eigenvalue weighted by molar-refractivity contribution is 0.656. The monoisotopic (exact) mass is 107 g/mol. The first-order valence-corrected chi connectivity index (χ1v) is 2.56. The van der Waals surface area contributed by atoms with Gasteiger partial charge >= 0.3 is 0 Å². The predicted octanol–water partition coefficient (Wildman–Crippen LogP) is 2.98. The van der Waals surface area contributed by atoms with Crippen LogP contribution in [0.5, 0.6) is 0 Å². The van der Waals surface area contributed by atoms with Gasteiger partial charge in [-0.1, -0.05) is 45.8 Å². The van der Waals surface area contributed by atoms with Gasteiger partial charge in [-0.05, 0) is 0 Å². The molecular weight excluding hydrogens is 84.1 g/mol. The molecule has 0 spiro atoms. The first-order valence-electron chi connectivity index (χ1n) is 6.06. The Morgan fingerprint density at radius 1 is 1.57 bits per heavy atom. The lowest BCUT2D eigenvalue weighted by Crippen LogP contribution is -1.70. The van der Waals surface area contributed by atoms with Crippen LogP contribution in [-0.4, -0.2) is 0 Å². The first-order chi connectivity index (χ1) is 6.06. The van der Waals surface area contributed by atoms with Crippen LogP contribution in [0.4, 0.5) is 0 Å². The Bertz CT molecular complexity index is 181. The van der Waals surface area contributed by atoms with Crippen molar-refractivity contribution in [1.82, 2.24) is 0 Å². The quantitative estimate of drug-likeness (QED) is 0.518. The predicted molar refractivity (Wildman–Crippen MR) is 34.4 cm³/mol. The molecular formula is C7H16. The Balaban J connectivity index is 4.69. The zero-order valence-corrected chi connectivity index (χ0v) is 4.62. The molecule has 0 amide bonds. The Labute approximate surface area is 56.8 Å². The fraction of sp³-hybridized carbons (Fsp3) is 1.00. The molecule has 0 heterocycles. The highest BCUT2D eigenvalue weighted by molar-refractivity contribution is 4.35. The molecule has 0 aromatic rings. The van der Waals surface area contributed by atoms with Crippen LogP contribution in [0.15, 0.2) is 0 Å². The Morgan fingerprint density at radius 3 is 3.00 bits per heavy atom. The van der Waals surface area contributed by atoms with Crippen molar-refractivity contribution in [2.75, 3.05) is 0 Å². The second-order valence-electron chi connectivity index (χ2n) is 1.41. The summed E-state index contributed by atoms with van der Waals surface area (Å²) in [5.74, 6) is 0. The van der Waals surface area contributed by atoms with E-state index < -0.39 is 19.6 Å². The van der Waals surface area contributed by atoms with Gasteiger partial charge in [-0.3, -0.25) is 0 Å². The standard InChI is InChI=1S/C7H16/c1-3-5-7-6-4-2/h3-7H2,1-2H3/i1D3,3D2,5D2. The van der Waals surface area contributed by atoms with Crippen molar-refractivity contribution < 1.29 is 9.60 Å². The van der Waals surface area contributed by atoms with E-state index in [0.29, 0.717) is 6.42 Å². The molecule has 0 saturated carbocycles. The molecule has 0 aliphatic heterocycles. The van der Waals surface area contributed by atoms with Crippen LogP contribution in [0, 0.1) is 0 Å². The third kappa shape index (κ3) is 6.00. The van der Waals surface area contributed by atoms with Crippen molar-refractivity contribution in [3.05, 3.63) is 0 Å². The third-order valence-corrected chi connectivity index (χ3v) is 0.744. The van der Waals surface area contributed by atoms with Gasteiger partial charge in [0, 0.05) is 9.60 Å². The summed E-state index contributed by atoms with van der Waals surface area (Å²) in [5.41, 5.74) is 0. The molecule has 0 aliphatic rings. The largest absolute Gasteiger partial charge is 0.0654 e. The van der Waals surface area contributed by atoms with E-state index >= 15 is 0 Å². The highest BCUT2D eigenvalue weighted by Gasteiger charge is 1.80. The number of hydrogen-bond acceptors (Lipinski definition) is 0. The topological polar surface area (TPSA) is 0 Å². The Kier molecular flexibility index (Phi) is 1.28. The summed E-state index contributed by atoms with van der Waals surface area (Å²) < 4.78 is 50.2. The molecule has 0 heteroatoms. The van der Waals surface area contributed by atoms with Gasteiger partial charge in [0.2, 0.25) is 0 Å². The van der Waals surface area contributed by atoms with Gasteiger partial charge < -0.3 is 0 Å².